The second-order valence-corrected chi connectivity index (χ2v) is 7.70. The lowest BCUT2D eigenvalue weighted by Crippen LogP contribution is -2.31. The van der Waals surface area contributed by atoms with Gasteiger partial charge in [0.05, 0.1) is 22.9 Å². The summed E-state index contributed by atoms with van der Waals surface area (Å²) in [5, 5.41) is 10.7. The maximum Gasteiger partial charge on any atom is 0.264 e. The Balaban J connectivity index is 2.20. The number of hydrogen-bond donors (Lipinski definition) is 1. The number of carbonyl (C=O) groups is 1. The number of halogens is 1. The van der Waals surface area contributed by atoms with Crippen LogP contribution in [-0.2, 0) is 21.2 Å². The van der Waals surface area contributed by atoms with Crippen molar-refractivity contribution in [2.75, 3.05) is 0 Å². The minimum absolute atomic E-state index is 0.00396. The molecule has 5 nitrogen and oxygen atoms in total. The van der Waals surface area contributed by atoms with Crippen molar-refractivity contribution in [3.8, 4) is 6.07 Å². The van der Waals surface area contributed by atoms with Crippen LogP contribution in [-0.4, -0.2) is 14.3 Å². The van der Waals surface area contributed by atoms with Gasteiger partial charge in [0.2, 0.25) is 5.91 Å². The molecule has 0 aliphatic rings. The van der Waals surface area contributed by atoms with Gasteiger partial charge in [-0.2, -0.15) is 5.26 Å². The van der Waals surface area contributed by atoms with Crippen molar-refractivity contribution < 1.29 is 13.2 Å². The van der Waals surface area contributed by atoms with E-state index in [1.807, 2.05) is 16.2 Å². The smallest absolute Gasteiger partial charge is 0.264 e. The van der Waals surface area contributed by atoms with Crippen LogP contribution in [0.25, 0.3) is 0 Å². The fraction of sp³-hybridized carbons (Fsp3) is 0.0769. The van der Waals surface area contributed by atoms with Crippen molar-refractivity contribution in [3.05, 3.63) is 50.6 Å². The summed E-state index contributed by atoms with van der Waals surface area (Å²) >= 11 is 4.51. The van der Waals surface area contributed by atoms with Crippen molar-refractivity contribution in [1.29, 1.82) is 5.26 Å². The fourth-order valence-corrected chi connectivity index (χ4v) is 4.00. The summed E-state index contributed by atoms with van der Waals surface area (Å²) in [6, 6.07) is 9.45. The van der Waals surface area contributed by atoms with E-state index in [2.05, 4.69) is 15.9 Å². The first-order valence-corrected chi connectivity index (χ1v) is 8.85. The Morgan fingerprint density at radius 2 is 2.14 bits per heavy atom. The molecule has 21 heavy (non-hydrogen) atoms. The van der Waals surface area contributed by atoms with Crippen LogP contribution in [0.4, 0.5) is 0 Å². The van der Waals surface area contributed by atoms with Crippen molar-refractivity contribution in [2.45, 2.75) is 11.3 Å². The molecule has 1 N–H and O–H groups in total. The predicted octanol–water partition coefficient (Wildman–Crippen LogP) is 2.43. The molecule has 108 valence electrons. The van der Waals surface area contributed by atoms with Gasteiger partial charge < -0.3 is 0 Å². The van der Waals surface area contributed by atoms with Crippen molar-refractivity contribution in [3.63, 3.8) is 0 Å². The van der Waals surface area contributed by atoms with E-state index in [4.69, 9.17) is 5.26 Å². The topological polar surface area (TPSA) is 87.0 Å². The number of hydrogen-bond acceptors (Lipinski definition) is 5. The highest BCUT2D eigenvalue weighted by Gasteiger charge is 2.19. The molecule has 1 aromatic carbocycles. The van der Waals surface area contributed by atoms with Crippen LogP contribution < -0.4 is 4.72 Å². The third-order valence-corrected chi connectivity index (χ3v) is 5.16. The van der Waals surface area contributed by atoms with Crippen LogP contribution in [0, 0.1) is 11.3 Å². The molecule has 0 radical (unpaired) electrons. The minimum atomic E-state index is -3.99. The monoisotopic (exact) mass is 384 g/mol. The Kier molecular flexibility index (Phi) is 4.77. The Bertz CT molecular complexity index is 808. The number of nitrogens with zero attached hydrogens (tertiary/aromatic N) is 1. The molecule has 0 saturated heterocycles. The molecule has 0 aliphatic carbocycles. The summed E-state index contributed by atoms with van der Waals surface area (Å²) in [4.78, 5) is 12.4. The molecular formula is C13H9BrN2O3S2. The average Bonchev–Trinajstić information content (AvgIpc) is 2.89. The molecule has 0 spiro atoms. The molecule has 0 unspecified atom stereocenters. The molecule has 2 rings (SSSR count). The molecular weight excluding hydrogens is 376 g/mol. The van der Waals surface area contributed by atoms with E-state index in [9.17, 15) is 13.2 Å². The van der Waals surface area contributed by atoms with E-state index in [1.165, 1.54) is 29.5 Å². The van der Waals surface area contributed by atoms with E-state index in [1.54, 1.807) is 12.1 Å². The number of rotatable bonds is 4. The molecule has 0 aliphatic heterocycles. The maximum atomic E-state index is 12.1. The molecule has 1 heterocycles. The van der Waals surface area contributed by atoms with Gasteiger partial charge in [-0.1, -0.05) is 22.0 Å². The molecule has 0 fully saturated rings. The summed E-state index contributed by atoms with van der Waals surface area (Å²) in [5.74, 6) is -0.615. The molecule has 1 aromatic heterocycles. The van der Waals surface area contributed by atoms with Gasteiger partial charge in [0, 0.05) is 9.35 Å². The zero-order valence-electron chi connectivity index (χ0n) is 10.5. The highest BCUT2D eigenvalue weighted by molar-refractivity contribution is 9.10. The number of nitrogens with one attached hydrogen (secondary N) is 1. The summed E-state index contributed by atoms with van der Waals surface area (Å²) in [6.45, 7) is 0. The first kappa shape index (κ1) is 15.7. The van der Waals surface area contributed by atoms with E-state index in [-0.39, 0.29) is 16.9 Å². The lowest BCUT2D eigenvalue weighted by molar-refractivity contribution is -0.118. The van der Waals surface area contributed by atoms with Crippen LogP contribution in [0.2, 0.25) is 0 Å². The van der Waals surface area contributed by atoms with Crippen LogP contribution in [0.3, 0.4) is 0 Å². The van der Waals surface area contributed by atoms with Crippen molar-refractivity contribution >= 4 is 43.2 Å². The van der Waals surface area contributed by atoms with Gasteiger partial charge in [-0.05, 0) is 29.6 Å². The minimum Gasteiger partial charge on any atom is -0.274 e. The van der Waals surface area contributed by atoms with Crippen LogP contribution in [0.15, 0.2) is 45.1 Å². The second kappa shape index (κ2) is 6.39. The maximum absolute atomic E-state index is 12.1. The Hall–Kier alpha value is -1.69. The lowest BCUT2D eigenvalue weighted by atomic mass is 10.2. The second-order valence-electron chi connectivity index (χ2n) is 4.07. The standard InChI is InChI=1S/C13H9BrN2O3S2/c14-10-4-9(8-15)5-12(6-10)21(18,19)16-13(17)7-11-2-1-3-20-11/h1-6H,7H2,(H,16,17). The molecule has 0 atom stereocenters. The van der Waals surface area contributed by atoms with E-state index in [0.717, 1.165) is 4.88 Å². The number of sulfonamides is 1. The highest BCUT2D eigenvalue weighted by atomic mass is 79.9. The van der Waals surface area contributed by atoms with E-state index < -0.39 is 15.9 Å². The summed E-state index contributed by atoms with van der Waals surface area (Å²) < 4.78 is 26.7. The highest BCUT2D eigenvalue weighted by Crippen LogP contribution is 2.19. The average molecular weight is 385 g/mol. The third kappa shape index (κ3) is 4.14. The zero-order chi connectivity index (χ0) is 15.5. The van der Waals surface area contributed by atoms with Gasteiger partial charge in [-0.15, -0.1) is 11.3 Å². The lowest BCUT2D eigenvalue weighted by Gasteiger charge is -2.07. The zero-order valence-corrected chi connectivity index (χ0v) is 13.8. The Morgan fingerprint density at radius 3 is 2.76 bits per heavy atom. The first-order valence-electron chi connectivity index (χ1n) is 5.69. The number of nitriles is 1. The number of amides is 1. The van der Waals surface area contributed by atoms with Crippen LogP contribution in [0.5, 0.6) is 0 Å². The van der Waals surface area contributed by atoms with Crippen molar-refractivity contribution in [1.82, 2.24) is 4.72 Å². The normalized spacial score (nSPS) is 10.9. The Labute approximate surface area is 134 Å². The van der Waals surface area contributed by atoms with Crippen LogP contribution >= 0.6 is 27.3 Å². The molecule has 0 saturated carbocycles. The number of thiophene rings is 1. The van der Waals surface area contributed by atoms with E-state index >= 15 is 0 Å². The van der Waals surface area contributed by atoms with Gasteiger partial charge in [0.15, 0.2) is 0 Å². The SMILES string of the molecule is N#Cc1cc(Br)cc(S(=O)(=O)NC(=O)Cc2cccs2)c1. The van der Waals surface area contributed by atoms with Gasteiger partial charge in [0.1, 0.15) is 0 Å². The van der Waals surface area contributed by atoms with Gasteiger partial charge >= 0.3 is 0 Å². The van der Waals surface area contributed by atoms with Gasteiger partial charge in [-0.25, -0.2) is 13.1 Å². The summed E-state index contributed by atoms with van der Waals surface area (Å²) in [5.41, 5.74) is 0.190. The fourth-order valence-electron chi connectivity index (χ4n) is 1.60. The summed E-state index contributed by atoms with van der Waals surface area (Å²) in [7, 11) is -3.99. The first-order chi connectivity index (χ1) is 9.90. The van der Waals surface area contributed by atoms with Gasteiger partial charge in [0.25, 0.3) is 10.0 Å². The van der Waals surface area contributed by atoms with Gasteiger partial charge in [-0.3, -0.25) is 4.79 Å². The Morgan fingerprint density at radius 1 is 1.38 bits per heavy atom. The largest absolute Gasteiger partial charge is 0.274 e. The molecule has 8 heteroatoms. The predicted molar refractivity (Wildman–Crippen MR) is 82.2 cm³/mol. The molecule has 0 bridgehead atoms. The quantitative estimate of drug-likeness (QED) is 0.876. The summed E-state index contributed by atoms with van der Waals surface area (Å²) in [6.07, 6.45) is -0.00396. The number of benzene rings is 1. The third-order valence-electron chi connectivity index (χ3n) is 2.47. The van der Waals surface area contributed by atoms with Crippen LogP contribution in [0.1, 0.15) is 10.4 Å². The molecule has 2 aromatic rings. The molecule has 1 amide bonds. The van der Waals surface area contributed by atoms with E-state index in [0.29, 0.717) is 4.47 Å². The number of carbonyl (C=O) groups excluding carboxylic acids is 1. The van der Waals surface area contributed by atoms with Crippen molar-refractivity contribution in [2.24, 2.45) is 0 Å².